The molecule has 2 fully saturated rings. The van der Waals surface area contributed by atoms with Crippen LogP contribution < -0.4 is 0 Å². The molecule has 1 saturated carbocycles. The van der Waals surface area contributed by atoms with Gasteiger partial charge in [-0.05, 0) is 31.1 Å². The third kappa shape index (κ3) is 0.960. The number of hydrogen-bond acceptors (Lipinski definition) is 1. The van der Waals surface area contributed by atoms with Crippen LogP contribution in [0.4, 0.5) is 4.48 Å². The quantitative estimate of drug-likeness (QED) is 0.449. The predicted octanol–water partition coefficient (Wildman–Crippen LogP) is 1.60. The Bertz CT molecular complexity index is 103. The molecule has 0 N–H and O–H groups in total. The maximum atomic E-state index is 12.6. The first-order chi connectivity index (χ1) is 4.34. The Labute approximate surface area is 54.8 Å². The van der Waals surface area contributed by atoms with Crippen molar-refractivity contribution in [1.82, 2.24) is 5.12 Å². The third-order valence-corrected chi connectivity index (χ3v) is 2.56. The smallest absolute Gasteiger partial charge is 0.0319 e. The van der Waals surface area contributed by atoms with Crippen LogP contribution in [-0.4, -0.2) is 18.2 Å². The maximum Gasteiger partial charge on any atom is 0.0319 e. The van der Waals surface area contributed by atoms with Crippen molar-refractivity contribution in [3.05, 3.63) is 0 Å². The molecule has 0 radical (unpaired) electrons. The first-order valence-electron chi connectivity index (χ1n) is 3.75. The van der Waals surface area contributed by atoms with E-state index in [1.165, 1.54) is 19.3 Å². The summed E-state index contributed by atoms with van der Waals surface area (Å²) >= 11 is 0. The summed E-state index contributed by atoms with van der Waals surface area (Å²) in [7, 11) is 0. The number of nitrogens with zero attached hydrogens (tertiary/aromatic N) is 1. The van der Waals surface area contributed by atoms with Crippen LogP contribution in [0.5, 0.6) is 0 Å². The van der Waals surface area contributed by atoms with E-state index in [4.69, 9.17) is 0 Å². The summed E-state index contributed by atoms with van der Waals surface area (Å²) in [4.78, 5) is 0. The number of fused-ring (bicyclic) bond motifs is 2. The Balaban J connectivity index is 2.03. The Kier molecular flexibility index (Phi) is 1.22. The molecule has 0 spiro atoms. The SMILES string of the molecule is FN1CC2CCC(C2)C1. The lowest BCUT2D eigenvalue weighted by Gasteiger charge is -2.23. The molecular weight excluding hydrogens is 117 g/mol. The second-order valence-corrected chi connectivity index (χ2v) is 3.37. The fourth-order valence-corrected chi connectivity index (χ4v) is 2.15. The predicted molar refractivity (Wildman–Crippen MR) is 33.5 cm³/mol. The van der Waals surface area contributed by atoms with Crippen molar-refractivity contribution in [1.29, 1.82) is 0 Å². The van der Waals surface area contributed by atoms with Gasteiger partial charge in [0.05, 0.1) is 0 Å². The molecule has 1 aliphatic carbocycles. The van der Waals surface area contributed by atoms with E-state index in [0.717, 1.165) is 5.12 Å². The molecule has 1 saturated heterocycles. The molecule has 2 atom stereocenters. The highest BCUT2D eigenvalue weighted by molar-refractivity contribution is 4.82. The first-order valence-corrected chi connectivity index (χ1v) is 3.75. The van der Waals surface area contributed by atoms with Crippen LogP contribution in [0.25, 0.3) is 0 Å². The molecule has 2 bridgehead atoms. The van der Waals surface area contributed by atoms with Crippen LogP contribution in [0.1, 0.15) is 19.3 Å². The molecule has 0 aromatic heterocycles. The summed E-state index contributed by atoms with van der Waals surface area (Å²) in [6, 6.07) is 0. The van der Waals surface area contributed by atoms with Gasteiger partial charge in [0.2, 0.25) is 0 Å². The molecule has 1 heterocycles. The fourth-order valence-electron chi connectivity index (χ4n) is 2.15. The minimum atomic E-state index is 0.689. The lowest BCUT2D eigenvalue weighted by molar-refractivity contribution is -0.0208. The largest absolute Gasteiger partial charge is 0.146 e. The van der Waals surface area contributed by atoms with Crippen molar-refractivity contribution in [2.45, 2.75) is 19.3 Å². The molecular formula is C7H12FN. The van der Waals surface area contributed by atoms with Crippen molar-refractivity contribution < 1.29 is 4.48 Å². The maximum absolute atomic E-state index is 12.6. The Morgan fingerprint density at radius 1 is 1.11 bits per heavy atom. The van der Waals surface area contributed by atoms with Crippen molar-refractivity contribution in [3.8, 4) is 0 Å². The van der Waals surface area contributed by atoms with Crippen molar-refractivity contribution in [3.63, 3.8) is 0 Å². The fraction of sp³-hybridized carbons (Fsp3) is 1.00. The lowest BCUT2D eigenvalue weighted by Crippen LogP contribution is -2.29. The van der Waals surface area contributed by atoms with Gasteiger partial charge in [-0.25, -0.2) is 0 Å². The van der Waals surface area contributed by atoms with Gasteiger partial charge >= 0.3 is 0 Å². The van der Waals surface area contributed by atoms with E-state index in [2.05, 4.69) is 0 Å². The van der Waals surface area contributed by atoms with Gasteiger partial charge in [-0.1, -0.05) is 0 Å². The van der Waals surface area contributed by atoms with E-state index in [9.17, 15) is 4.48 Å². The van der Waals surface area contributed by atoms with E-state index < -0.39 is 0 Å². The molecule has 9 heavy (non-hydrogen) atoms. The molecule has 2 rings (SSSR count). The van der Waals surface area contributed by atoms with Crippen LogP contribution in [0, 0.1) is 11.8 Å². The summed E-state index contributed by atoms with van der Waals surface area (Å²) in [5.74, 6) is 1.38. The molecule has 0 amide bonds. The molecule has 2 unspecified atom stereocenters. The Morgan fingerprint density at radius 2 is 1.67 bits per heavy atom. The van der Waals surface area contributed by atoms with Crippen molar-refractivity contribution in [2.24, 2.45) is 11.8 Å². The highest BCUT2D eigenvalue weighted by Gasteiger charge is 2.32. The number of halogens is 1. The first kappa shape index (κ1) is 5.66. The molecule has 52 valence electrons. The summed E-state index contributed by atoms with van der Waals surface area (Å²) in [6.07, 6.45) is 3.83. The van der Waals surface area contributed by atoms with E-state index in [1.807, 2.05) is 0 Å². The molecule has 2 heteroatoms. The number of hydrogen-bond donors (Lipinski definition) is 0. The van der Waals surface area contributed by atoms with Gasteiger partial charge in [0.25, 0.3) is 0 Å². The highest BCUT2D eigenvalue weighted by atomic mass is 19.2. The molecule has 0 aromatic carbocycles. The van der Waals surface area contributed by atoms with Crippen LogP contribution in [0.15, 0.2) is 0 Å². The Hall–Kier alpha value is -0.110. The second-order valence-electron chi connectivity index (χ2n) is 3.37. The second kappa shape index (κ2) is 1.94. The Morgan fingerprint density at radius 3 is 2.22 bits per heavy atom. The standard InChI is InChI=1S/C7H12FN/c8-9-4-6-1-2-7(3-6)5-9/h6-7H,1-5H2. The van der Waals surface area contributed by atoms with Gasteiger partial charge in [0, 0.05) is 13.1 Å². The van der Waals surface area contributed by atoms with Crippen molar-refractivity contribution in [2.75, 3.05) is 13.1 Å². The van der Waals surface area contributed by atoms with Crippen LogP contribution >= 0.6 is 0 Å². The van der Waals surface area contributed by atoms with Crippen LogP contribution in [-0.2, 0) is 0 Å². The summed E-state index contributed by atoms with van der Waals surface area (Å²) in [5, 5.41) is 0.992. The van der Waals surface area contributed by atoms with Gasteiger partial charge in [-0.3, -0.25) is 0 Å². The summed E-state index contributed by atoms with van der Waals surface area (Å²) < 4.78 is 12.6. The average molecular weight is 129 g/mol. The van der Waals surface area contributed by atoms with E-state index in [-0.39, 0.29) is 0 Å². The minimum absolute atomic E-state index is 0.689. The molecule has 1 nitrogen and oxygen atoms in total. The third-order valence-electron chi connectivity index (χ3n) is 2.56. The van der Waals surface area contributed by atoms with Gasteiger partial charge < -0.3 is 0 Å². The zero-order valence-corrected chi connectivity index (χ0v) is 5.52. The molecule has 2 aliphatic rings. The zero-order valence-electron chi connectivity index (χ0n) is 5.52. The van der Waals surface area contributed by atoms with Crippen molar-refractivity contribution >= 4 is 0 Å². The number of piperidine rings is 1. The van der Waals surface area contributed by atoms with Gasteiger partial charge in [-0.2, -0.15) is 0 Å². The summed E-state index contributed by atoms with van der Waals surface area (Å²) in [6.45, 7) is 1.41. The highest BCUT2D eigenvalue weighted by Crippen LogP contribution is 2.36. The van der Waals surface area contributed by atoms with Crippen LogP contribution in [0.3, 0.4) is 0 Å². The monoisotopic (exact) mass is 129 g/mol. The summed E-state index contributed by atoms with van der Waals surface area (Å²) in [5.41, 5.74) is 0. The van der Waals surface area contributed by atoms with Gasteiger partial charge in [0.15, 0.2) is 0 Å². The van der Waals surface area contributed by atoms with E-state index in [1.54, 1.807) is 0 Å². The topological polar surface area (TPSA) is 3.24 Å². The normalized spacial score (nSPS) is 43.7. The molecule has 0 aromatic rings. The van der Waals surface area contributed by atoms with Gasteiger partial charge in [0.1, 0.15) is 0 Å². The number of rotatable bonds is 0. The van der Waals surface area contributed by atoms with Gasteiger partial charge in [-0.15, -0.1) is 9.60 Å². The minimum Gasteiger partial charge on any atom is -0.146 e. The molecule has 1 aliphatic heterocycles. The lowest BCUT2D eigenvalue weighted by atomic mass is 10.0. The van der Waals surface area contributed by atoms with Crippen LogP contribution in [0.2, 0.25) is 0 Å². The average Bonchev–Trinajstić information content (AvgIpc) is 2.11. The van der Waals surface area contributed by atoms with E-state index in [0.29, 0.717) is 24.9 Å². The zero-order chi connectivity index (χ0) is 6.27. The van der Waals surface area contributed by atoms with E-state index >= 15 is 0 Å².